The Balaban J connectivity index is 0.000000234. The second kappa shape index (κ2) is 26.7. The number of halogens is 1. The third-order valence-corrected chi connectivity index (χ3v) is 15.4. The molecule has 6 aliphatic rings. The second-order valence-electron chi connectivity index (χ2n) is 19.9. The molecule has 5 fully saturated rings. The van der Waals surface area contributed by atoms with E-state index in [1.165, 1.54) is 23.7 Å². The Bertz CT molecular complexity index is 2460. The summed E-state index contributed by atoms with van der Waals surface area (Å²) in [6, 6.07) is 17.6. The van der Waals surface area contributed by atoms with E-state index in [0.717, 1.165) is 113 Å². The maximum atomic E-state index is 13.5. The van der Waals surface area contributed by atoms with Crippen LogP contribution in [0.4, 0.5) is 11.5 Å². The number of amides is 3. The molecule has 406 valence electrons. The zero-order valence-electron chi connectivity index (χ0n) is 44.2. The van der Waals surface area contributed by atoms with Crippen molar-refractivity contribution in [1.29, 1.82) is 0 Å². The Morgan fingerprint density at radius 1 is 0.919 bits per heavy atom. The van der Waals surface area contributed by atoms with Crippen molar-refractivity contribution in [2.24, 2.45) is 0 Å². The second-order valence-corrected chi connectivity index (χ2v) is 20.3. The number of hydrogen-bond acceptors (Lipinski definition) is 12. The Kier molecular flexibility index (Phi) is 20.6. The minimum Gasteiger partial charge on any atom is -0.660 e. The number of ether oxygens (including phenoxy) is 1. The number of nitrogens with one attached hydrogen (secondary N) is 3. The summed E-state index contributed by atoms with van der Waals surface area (Å²) in [5, 5.41) is 14.6. The molecule has 0 spiro atoms. The van der Waals surface area contributed by atoms with Crippen LogP contribution in [0.2, 0.25) is 5.02 Å². The van der Waals surface area contributed by atoms with Crippen LogP contribution in [0.25, 0.3) is 16.4 Å². The van der Waals surface area contributed by atoms with Crippen molar-refractivity contribution in [1.82, 2.24) is 40.3 Å². The summed E-state index contributed by atoms with van der Waals surface area (Å²) in [6.45, 7) is 19.4. The largest absolute Gasteiger partial charge is 0.660 e. The van der Waals surface area contributed by atoms with Gasteiger partial charge in [0.1, 0.15) is 18.4 Å². The molecule has 3 amide bonds. The molecule has 2 aromatic heterocycles. The van der Waals surface area contributed by atoms with Gasteiger partial charge in [0, 0.05) is 105 Å². The third-order valence-electron chi connectivity index (χ3n) is 15.1. The fraction of sp³-hybridized carbons (Fsp3) is 0.554. The topological polar surface area (TPSA) is 179 Å². The van der Waals surface area contributed by atoms with Crippen LogP contribution in [0, 0.1) is 0 Å². The van der Waals surface area contributed by atoms with Crippen LogP contribution in [-0.4, -0.2) is 164 Å². The first-order chi connectivity index (χ1) is 35.4. The van der Waals surface area contributed by atoms with Crippen molar-refractivity contribution in [3.8, 4) is 11.1 Å². The monoisotopic (exact) mass is 1280 g/mol. The first kappa shape index (κ1) is 56.9. The molecule has 16 nitrogen and oxygen atoms in total. The average molecular weight is 1280 g/mol. The number of carbonyl (C=O) groups excluding carboxylic acids is 4. The fourth-order valence-electron chi connectivity index (χ4n) is 10.8. The van der Waals surface area contributed by atoms with E-state index >= 15 is 0 Å². The first-order valence-corrected chi connectivity index (χ1v) is 26.9. The molecule has 2 bridgehead atoms. The molecule has 4 aromatic rings. The van der Waals surface area contributed by atoms with Crippen molar-refractivity contribution in [2.75, 3.05) is 109 Å². The number of piperazine rings is 2. The van der Waals surface area contributed by atoms with Gasteiger partial charge in [-0.3, -0.25) is 19.3 Å². The van der Waals surface area contributed by atoms with Crippen LogP contribution in [0.5, 0.6) is 0 Å². The summed E-state index contributed by atoms with van der Waals surface area (Å²) in [5.74, 6) is 1.01. The standard InChI is InChI=1S/C30H39N5O4.C24H32ClN6O.C2H6.Fm/c1-3-23-5-4-6-24(17-23)25-18-26(33-22(2)37)27(31-19-25)28(38)35-14-12-34(13-15-35)20-30-9-7-29(8-10-30,21-39-30)32-11-16-36;1-17-3-8-21-22(17)23(29-16-28-21)30-11-13-31(14-12-30)24(32)20(15-27-10-9-26-2)18-4-6-19(25)7-5-18;1-2;/h4-6,16-19,32H,3,7-15,20-21H2,1-2H3,(H,33,37);4-7,16-17,20,26H,3,8-15H2,1-2H3;1-2H3;/q;-1;;. The molecule has 2 aromatic carbocycles. The van der Waals surface area contributed by atoms with Gasteiger partial charge in [0.05, 0.1) is 24.4 Å². The molecule has 18 heteroatoms. The Labute approximate surface area is 437 Å². The molecule has 6 heterocycles. The Hall–Kier alpha value is -6.36. The number of aryl methyl sites for hydroxylation is 2. The molecule has 4 aliphatic heterocycles. The number of pyridine rings is 1. The molecule has 10 rings (SSSR count). The molecule has 1 saturated carbocycles. The summed E-state index contributed by atoms with van der Waals surface area (Å²) < 4.78 is 6.38. The maximum absolute atomic E-state index is 13.5. The summed E-state index contributed by atoms with van der Waals surface area (Å²) >= 11 is 6.07. The number of benzene rings is 2. The van der Waals surface area contributed by atoms with E-state index in [9.17, 15) is 19.2 Å². The third kappa shape index (κ3) is 13.9. The molecule has 3 N–H and O–H groups in total. The van der Waals surface area contributed by atoms with E-state index in [2.05, 4.69) is 72.0 Å². The minimum absolute atomic E-state index is 0. The van der Waals surface area contributed by atoms with E-state index in [4.69, 9.17) is 16.3 Å². The van der Waals surface area contributed by atoms with Crippen LogP contribution in [0.1, 0.15) is 111 Å². The predicted molar refractivity (Wildman–Crippen MR) is 290 cm³/mol. The molecule has 2 unspecified atom stereocenters. The van der Waals surface area contributed by atoms with Crippen LogP contribution in [-0.2, 0) is 32.0 Å². The Morgan fingerprint density at radius 2 is 1.64 bits per heavy atom. The van der Waals surface area contributed by atoms with Gasteiger partial charge in [0.25, 0.3) is 5.91 Å². The molecular weight excluding hydrogens is 1200 g/mol. The molecular formula is C56H77ClFmN11O5-. The van der Waals surface area contributed by atoms with Crippen LogP contribution >= 0.6 is 11.6 Å². The van der Waals surface area contributed by atoms with Crippen molar-refractivity contribution in [3.63, 3.8) is 0 Å². The minimum atomic E-state index is -0.279. The van der Waals surface area contributed by atoms with Crippen LogP contribution < -0.4 is 20.9 Å². The van der Waals surface area contributed by atoms with E-state index in [0.29, 0.717) is 69.0 Å². The Morgan fingerprint density at radius 3 is 2.28 bits per heavy atom. The van der Waals surface area contributed by atoms with Crippen molar-refractivity contribution in [2.45, 2.75) is 103 Å². The van der Waals surface area contributed by atoms with Gasteiger partial charge in [-0.1, -0.05) is 75.7 Å². The number of hydrogen-bond donors (Lipinski definition) is 3. The number of fused-ring (bicyclic) bond motifs is 4. The molecule has 2 aliphatic carbocycles. The zero-order valence-corrected chi connectivity index (χ0v) is 47.4. The van der Waals surface area contributed by atoms with Gasteiger partial charge in [-0.05, 0) is 99.3 Å². The van der Waals surface area contributed by atoms with Crippen molar-refractivity contribution >= 4 is 47.1 Å². The molecule has 2 atom stereocenters. The van der Waals surface area contributed by atoms with Gasteiger partial charge in [0.2, 0.25) is 11.8 Å². The smallest absolute Gasteiger partial charge is 0.274 e. The zero-order chi connectivity index (χ0) is 52.0. The average Bonchev–Trinajstić information content (AvgIpc) is 3.82. The van der Waals surface area contributed by atoms with Crippen LogP contribution in [0.15, 0.2) is 67.1 Å². The van der Waals surface area contributed by atoms with E-state index in [1.54, 1.807) is 12.5 Å². The number of carbonyl (C=O) groups is 4. The van der Waals surface area contributed by atoms with Gasteiger partial charge in [-0.15, -0.1) is 13.1 Å². The van der Waals surface area contributed by atoms with E-state index in [1.807, 2.05) is 73.2 Å². The quantitative estimate of drug-likeness (QED) is 0.0721. The number of rotatable bonds is 17. The summed E-state index contributed by atoms with van der Waals surface area (Å²) in [7, 11) is 1.91. The summed E-state index contributed by atoms with van der Waals surface area (Å²) in [4.78, 5) is 72.0. The van der Waals surface area contributed by atoms with Gasteiger partial charge in [-0.25, -0.2) is 15.0 Å². The summed E-state index contributed by atoms with van der Waals surface area (Å²) in [5.41, 5.74) is 7.06. The first-order valence-electron chi connectivity index (χ1n) is 26.5. The molecule has 0 radical (unpaired) electrons. The van der Waals surface area contributed by atoms with Crippen molar-refractivity contribution < 1.29 is 23.9 Å². The van der Waals surface area contributed by atoms with E-state index in [-0.39, 0.29) is 40.5 Å². The molecule has 74 heavy (non-hydrogen) atoms. The van der Waals surface area contributed by atoms with Gasteiger partial charge in [0.15, 0.2) is 5.69 Å². The number of likely N-dealkylation sites (N-methyl/N-ethyl adjacent to an activating group) is 1. The molecule has 4 saturated heterocycles. The van der Waals surface area contributed by atoms with Crippen molar-refractivity contribution in [3.05, 3.63) is 106 Å². The number of nitrogens with zero attached hydrogens (tertiary/aromatic N) is 8. The normalized spacial score (nSPS) is 21.5. The summed E-state index contributed by atoms with van der Waals surface area (Å²) in [6.07, 6.45) is 11.4. The predicted octanol–water partition coefficient (Wildman–Crippen LogP) is 7.13. The number of anilines is 2. The van der Waals surface area contributed by atoms with Gasteiger partial charge >= 0.3 is 0 Å². The SMILES string of the molecule is CC.CCc1cccc(-c2cnc(C(=O)N3CCN(CC45CCC(NCC=O)(CC4)CO5)CC3)c(NC(C)=O)c2)c1.CNCC[N-]CC(C(=O)N1CCN(c2ncnc3c2C(C)CC3)CC1)c1ccc(Cl)cc1.[Fm]. The fourth-order valence-corrected chi connectivity index (χ4v) is 11.0. The number of aldehydes is 1. The van der Waals surface area contributed by atoms with E-state index < -0.39 is 0 Å². The van der Waals surface area contributed by atoms with Gasteiger partial charge < -0.3 is 45.5 Å². The maximum Gasteiger partial charge on any atom is 0.274 e. The van der Waals surface area contributed by atoms with Gasteiger partial charge in [-0.2, -0.15) is 0 Å². The van der Waals surface area contributed by atoms with Crippen LogP contribution in [0.3, 0.4) is 0 Å². The number of aromatic nitrogens is 3.